The molecular formula is C24H29N3O6S. The molecule has 0 aromatic heterocycles. The van der Waals surface area contributed by atoms with Gasteiger partial charge >= 0.3 is 0 Å². The molecule has 9 nitrogen and oxygen atoms in total. The summed E-state index contributed by atoms with van der Waals surface area (Å²) in [7, 11) is -2.35. The first-order valence-corrected chi connectivity index (χ1v) is 12.6. The number of aryl methyl sites for hydroxylation is 2. The number of piperidine rings is 1. The monoisotopic (exact) mass is 487 g/mol. The van der Waals surface area contributed by atoms with Gasteiger partial charge in [0.15, 0.2) is 6.10 Å². The summed E-state index contributed by atoms with van der Waals surface area (Å²) in [5.41, 5.74) is 2.47. The molecule has 1 fully saturated rings. The lowest BCUT2D eigenvalue weighted by atomic mass is 9.98. The number of sulfonamides is 1. The van der Waals surface area contributed by atoms with Crippen LogP contribution in [0.2, 0.25) is 0 Å². The topological polar surface area (TPSA) is 114 Å². The molecule has 182 valence electrons. The number of nitrogens with zero attached hydrogens (tertiary/aromatic N) is 1. The van der Waals surface area contributed by atoms with Crippen LogP contribution in [0.25, 0.3) is 0 Å². The molecule has 2 aliphatic rings. The number of anilines is 2. The molecule has 2 heterocycles. The van der Waals surface area contributed by atoms with Gasteiger partial charge in [-0.1, -0.05) is 6.07 Å². The summed E-state index contributed by atoms with van der Waals surface area (Å²) < 4.78 is 39.4. The Hall–Kier alpha value is -3.11. The number of fused-ring (bicyclic) bond motifs is 1. The quantitative estimate of drug-likeness (QED) is 0.670. The lowest BCUT2D eigenvalue weighted by molar-refractivity contribution is -0.123. The first kappa shape index (κ1) is 24.0. The summed E-state index contributed by atoms with van der Waals surface area (Å²) in [4.78, 5) is 25.0. The highest BCUT2D eigenvalue weighted by molar-refractivity contribution is 7.89. The van der Waals surface area contributed by atoms with Gasteiger partial charge in [-0.05, 0) is 62.9 Å². The molecule has 10 heteroatoms. The Bertz CT molecular complexity index is 1240. The van der Waals surface area contributed by atoms with Crippen LogP contribution in [0.15, 0.2) is 35.2 Å². The van der Waals surface area contributed by atoms with Gasteiger partial charge in [0.05, 0.1) is 29.3 Å². The molecule has 0 bridgehead atoms. The molecule has 2 aromatic carbocycles. The normalized spacial score (nSPS) is 20.6. The number of carbonyl (C=O) groups excluding carboxylic acids is 2. The highest BCUT2D eigenvalue weighted by atomic mass is 32.2. The highest BCUT2D eigenvalue weighted by Crippen LogP contribution is 2.36. The summed E-state index contributed by atoms with van der Waals surface area (Å²) >= 11 is 0. The second-order valence-corrected chi connectivity index (χ2v) is 10.7. The summed E-state index contributed by atoms with van der Waals surface area (Å²) in [6.07, 6.45) is 0.435. The molecule has 0 aliphatic carbocycles. The largest absolute Gasteiger partial charge is 0.495 e. The molecule has 2 aliphatic heterocycles. The van der Waals surface area contributed by atoms with Crippen LogP contribution in [0.5, 0.6) is 11.5 Å². The molecule has 2 atom stereocenters. The molecule has 0 unspecified atom stereocenters. The number of amides is 2. The van der Waals surface area contributed by atoms with Crippen molar-refractivity contribution in [2.45, 2.75) is 44.6 Å². The molecule has 2 amide bonds. The van der Waals surface area contributed by atoms with Crippen molar-refractivity contribution in [2.24, 2.45) is 5.92 Å². The van der Waals surface area contributed by atoms with Gasteiger partial charge in [-0.2, -0.15) is 4.31 Å². The molecular weight excluding hydrogens is 458 g/mol. The Balaban J connectivity index is 1.55. The van der Waals surface area contributed by atoms with E-state index >= 15 is 0 Å². The zero-order valence-corrected chi connectivity index (χ0v) is 20.5. The third-order valence-electron chi connectivity index (χ3n) is 6.19. The fourth-order valence-electron chi connectivity index (χ4n) is 4.29. The van der Waals surface area contributed by atoms with E-state index in [1.54, 1.807) is 26.0 Å². The van der Waals surface area contributed by atoms with Crippen molar-refractivity contribution < 1.29 is 27.5 Å². The Kier molecular flexibility index (Phi) is 6.55. The first-order chi connectivity index (χ1) is 16.1. The standard InChI is InChI=1S/C24H29N3O6S/c1-14-7-8-20(32-4)18(10-14)26-24(29)17-6-5-9-27(13-17)34(30,31)22-12-21-19(11-15(22)2)25-23(28)16(3)33-21/h7-8,10-12,16-17H,5-6,9,13H2,1-4H3,(H,25,28)(H,26,29)/t16-,17+/m1/s1. The molecule has 1 saturated heterocycles. The van der Waals surface area contributed by atoms with Crippen LogP contribution in [-0.2, 0) is 19.6 Å². The minimum Gasteiger partial charge on any atom is -0.495 e. The van der Waals surface area contributed by atoms with E-state index in [1.165, 1.54) is 17.5 Å². The highest BCUT2D eigenvalue weighted by Gasteiger charge is 2.35. The van der Waals surface area contributed by atoms with E-state index in [2.05, 4.69) is 10.6 Å². The van der Waals surface area contributed by atoms with E-state index in [-0.39, 0.29) is 23.3 Å². The van der Waals surface area contributed by atoms with Crippen molar-refractivity contribution in [2.75, 3.05) is 30.8 Å². The van der Waals surface area contributed by atoms with E-state index in [4.69, 9.17) is 9.47 Å². The van der Waals surface area contributed by atoms with Crippen molar-refractivity contribution in [3.63, 3.8) is 0 Å². The Morgan fingerprint density at radius 2 is 2.00 bits per heavy atom. The van der Waals surface area contributed by atoms with Gasteiger partial charge in [0, 0.05) is 19.2 Å². The first-order valence-electron chi connectivity index (χ1n) is 11.2. The molecule has 2 aromatic rings. The Labute approximate surface area is 199 Å². The Morgan fingerprint density at radius 1 is 1.24 bits per heavy atom. The lowest BCUT2D eigenvalue weighted by Crippen LogP contribution is -2.44. The summed E-state index contributed by atoms with van der Waals surface area (Å²) in [6.45, 7) is 5.59. The summed E-state index contributed by atoms with van der Waals surface area (Å²) in [5, 5.41) is 5.63. The van der Waals surface area contributed by atoms with Crippen molar-refractivity contribution in [1.29, 1.82) is 0 Å². The molecule has 34 heavy (non-hydrogen) atoms. The number of ether oxygens (including phenoxy) is 2. The maximum absolute atomic E-state index is 13.5. The predicted molar refractivity (Wildman–Crippen MR) is 128 cm³/mol. The van der Waals surface area contributed by atoms with Crippen LogP contribution in [0.1, 0.15) is 30.9 Å². The van der Waals surface area contributed by atoms with Crippen LogP contribution in [0, 0.1) is 19.8 Å². The van der Waals surface area contributed by atoms with E-state index in [0.29, 0.717) is 47.8 Å². The average Bonchev–Trinajstić information content (AvgIpc) is 2.80. The van der Waals surface area contributed by atoms with Gasteiger partial charge in [-0.25, -0.2) is 8.42 Å². The van der Waals surface area contributed by atoms with Gasteiger partial charge in [-0.15, -0.1) is 0 Å². The van der Waals surface area contributed by atoms with Crippen LogP contribution < -0.4 is 20.1 Å². The van der Waals surface area contributed by atoms with Crippen molar-refractivity contribution in [3.05, 3.63) is 41.5 Å². The zero-order valence-electron chi connectivity index (χ0n) is 19.7. The third-order valence-corrected chi connectivity index (χ3v) is 8.20. The number of rotatable bonds is 5. The molecule has 2 N–H and O–H groups in total. The molecule has 0 saturated carbocycles. The number of nitrogens with one attached hydrogen (secondary N) is 2. The van der Waals surface area contributed by atoms with Crippen LogP contribution in [0.4, 0.5) is 11.4 Å². The number of benzene rings is 2. The Morgan fingerprint density at radius 3 is 2.74 bits per heavy atom. The average molecular weight is 488 g/mol. The molecule has 0 radical (unpaired) electrons. The van der Waals surface area contributed by atoms with Gasteiger partial charge in [0.2, 0.25) is 15.9 Å². The van der Waals surface area contributed by atoms with Crippen molar-refractivity contribution >= 4 is 33.2 Å². The van der Waals surface area contributed by atoms with Crippen molar-refractivity contribution in [1.82, 2.24) is 4.31 Å². The molecule has 4 rings (SSSR count). The van der Waals surface area contributed by atoms with Gasteiger partial charge in [-0.3, -0.25) is 9.59 Å². The second kappa shape index (κ2) is 9.27. The maximum atomic E-state index is 13.5. The van der Waals surface area contributed by atoms with Gasteiger partial charge < -0.3 is 20.1 Å². The van der Waals surface area contributed by atoms with Gasteiger partial charge in [0.25, 0.3) is 5.91 Å². The summed E-state index contributed by atoms with van der Waals surface area (Å²) in [5.74, 6) is -0.162. The predicted octanol–water partition coefficient (Wildman–Crippen LogP) is 3.07. The number of hydrogen-bond acceptors (Lipinski definition) is 6. The van der Waals surface area contributed by atoms with E-state index in [1.807, 2.05) is 19.1 Å². The SMILES string of the molecule is COc1ccc(C)cc1NC(=O)[C@H]1CCCN(S(=O)(=O)c2cc3c(cc2C)NC(=O)[C@@H](C)O3)C1. The second-order valence-electron chi connectivity index (χ2n) is 8.76. The molecule has 0 spiro atoms. The third kappa shape index (κ3) is 4.60. The fourth-order valence-corrected chi connectivity index (χ4v) is 6.03. The number of hydrogen-bond donors (Lipinski definition) is 2. The smallest absolute Gasteiger partial charge is 0.265 e. The van der Waals surface area contributed by atoms with Crippen molar-refractivity contribution in [3.8, 4) is 11.5 Å². The van der Waals surface area contributed by atoms with Crippen LogP contribution >= 0.6 is 0 Å². The minimum absolute atomic E-state index is 0.0762. The van der Waals surface area contributed by atoms with E-state index in [9.17, 15) is 18.0 Å². The van der Waals surface area contributed by atoms with E-state index < -0.39 is 22.0 Å². The summed E-state index contributed by atoms with van der Waals surface area (Å²) in [6, 6.07) is 8.55. The fraction of sp³-hybridized carbons (Fsp3) is 0.417. The zero-order chi connectivity index (χ0) is 24.6. The van der Waals surface area contributed by atoms with Crippen LogP contribution in [-0.4, -0.2) is 50.8 Å². The minimum atomic E-state index is -3.88. The number of methoxy groups -OCH3 is 1. The maximum Gasteiger partial charge on any atom is 0.265 e. The van der Waals surface area contributed by atoms with Gasteiger partial charge in [0.1, 0.15) is 11.5 Å². The lowest BCUT2D eigenvalue weighted by Gasteiger charge is -2.32. The van der Waals surface area contributed by atoms with Crippen LogP contribution in [0.3, 0.4) is 0 Å². The van der Waals surface area contributed by atoms with E-state index in [0.717, 1.165) is 5.56 Å². The number of carbonyl (C=O) groups is 2.